The molecule has 0 aliphatic carbocycles. The summed E-state index contributed by atoms with van der Waals surface area (Å²) in [5.74, 6) is 0.980. The standard InChI is InChI=1S/C11H15N3O/c1-9(4-6-15)8-14-11-10(7-12)3-2-5-13-11/h2-3,5,9,15H,4,6,8H2,1H3,(H,13,14). The first-order chi connectivity index (χ1) is 7.27. The van der Waals surface area contributed by atoms with Gasteiger partial charge in [-0.1, -0.05) is 6.92 Å². The normalized spacial score (nSPS) is 11.8. The molecule has 0 bridgehead atoms. The molecule has 1 aromatic rings. The molecule has 4 nitrogen and oxygen atoms in total. The van der Waals surface area contributed by atoms with E-state index in [9.17, 15) is 0 Å². The molecule has 0 radical (unpaired) electrons. The first kappa shape index (κ1) is 11.5. The molecule has 1 aromatic heterocycles. The average Bonchev–Trinajstić information content (AvgIpc) is 2.27. The molecule has 1 heterocycles. The molecule has 0 amide bonds. The Bertz CT molecular complexity index is 346. The van der Waals surface area contributed by atoms with Crippen molar-refractivity contribution >= 4 is 5.82 Å². The van der Waals surface area contributed by atoms with Crippen molar-refractivity contribution in [1.82, 2.24) is 4.98 Å². The number of aromatic nitrogens is 1. The first-order valence-electron chi connectivity index (χ1n) is 4.97. The van der Waals surface area contributed by atoms with Crippen molar-refractivity contribution in [2.75, 3.05) is 18.5 Å². The Hall–Kier alpha value is -1.60. The zero-order chi connectivity index (χ0) is 11.1. The molecule has 0 saturated carbocycles. The summed E-state index contributed by atoms with van der Waals surface area (Å²) < 4.78 is 0. The lowest BCUT2D eigenvalue weighted by Crippen LogP contribution is -2.14. The molecule has 1 rings (SSSR count). The fraction of sp³-hybridized carbons (Fsp3) is 0.455. The third-order valence-corrected chi connectivity index (χ3v) is 2.17. The number of hydrogen-bond acceptors (Lipinski definition) is 4. The van der Waals surface area contributed by atoms with Gasteiger partial charge < -0.3 is 10.4 Å². The van der Waals surface area contributed by atoms with Gasteiger partial charge in [-0.3, -0.25) is 0 Å². The Morgan fingerprint density at radius 2 is 2.47 bits per heavy atom. The van der Waals surface area contributed by atoms with Crippen molar-refractivity contribution in [2.45, 2.75) is 13.3 Å². The fourth-order valence-electron chi connectivity index (χ4n) is 1.23. The highest BCUT2D eigenvalue weighted by Crippen LogP contribution is 2.11. The van der Waals surface area contributed by atoms with Crippen LogP contribution < -0.4 is 5.32 Å². The van der Waals surface area contributed by atoms with Crippen LogP contribution in [-0.4, -0.2) is 23.2 Å². The highest BCUT2D eigenvalue weighted by molar-refractivity contribution is 5.51. The van der Waals surface area contributed by atoms with Gasteiger partial charge in [-0.05, 0) is 24.5 Å². The lowest BCUT2D eigenvalue weighted by molar-refractivity contribution is 0.266. The maximum Gasteiger partial charge on any atom is 0.143 e. The van der Waals surface area contributed by atoms with E-state index in [1.165, 1.54) is 0 Å². The lowest BCUT2D eigenvalue weighted by atomic mass is 10.1. The van der Waals surface area contributed by atoms with Crippen molar-refractivity contribution in [3.05, 3.63) is 23.9 Å². The Kier molecular flexibility index (Phi) is 4.58. The number of pyridine rings is 1. The summed E-state index contributed by atoms with van der Waals surface area (Å²) in [6.07, 6.45) is 2.40. The van der Waals surface area contributed by atoms with Gasteiger partial charge in [-0.25, -0.2) is 4.98 Å². The highest BCUT2D eigenvalue weighted by atomic mass is 16.3. The average molecular weight is 205 g/mol. The summed E-state index contributed by atoms with van der Waals surface area (Å²) in [5.41, 5.74) is 0.550. The van der Waals surface area contributed by atoms with Crippen molar-refractivity contribution in [3.63, 3.8) is 0 Å². The van der Waals surface area contributed by atoms with Gasteiger partial charge >= 0.3 is 0 Å². The van der Waals surface area contributed by atoms with Crippen LogP contribution in [0, 0.1) is 17.2 Å². The van der Waals surface area contributed by atoms with E-state index in [-0.39, 0.29) is 6.61 Å². The van der Waals surface area contributed by atoms with Crippen LogP contribution in [-0.2, 0) is 0 Å². The van der Waals surface area contributed by atoms with Crippen LogP contribution >= 0.6 is 0 Å². The highest BCUT2D eigenvalue weighted by Gasteiger charge is 2.04. The number of aliphatic hydroxyl groups is 1. The smallest absolute Gasteiger partial charge is 0.143 e. The summed E-state index contributed by atoms with van der Waals surface area (Å²) in [6.45, 7) is 2.95. The Morgan fingerprint density at radius 3 is 3.13 bits per heavy atom. The van der Waals surface area contributed by atoms with Gasteiger partial charge in [0.05, 0.1) is 5.56 Å². The summed E-state index contributed by atoms with van der Waals surface area (Å²) >= 11 is 0. The first-order valence-corrected chi connectivity index (χ1v) is 4.97. The third-order valence-electron chi connectivity index (χ3n) is 2.17. The largest absolute Gasteiger partial charge is 0.396 e. The molecule has 80 valence electrons. The second-order valence-electron chi connectivity index (χ2n) is 3.51. The number of aliphatic hydroxyl groups excluding tert-OH is 1. The molecule has 0 spiro atoms. The van der Waals surface area contributed by atoms with Gasteiger partial charge in [0.1, 0.15) is 11.9 Å². The third kappa shape index (κ3) is 3.56. The SMILES string of the molecule is CC(CCO)CNc1ncccc1C#N. The minimum atomic E-state index is 0.191. The number of nitriles is 1. The molecule has 0 aromatic carbocycles. The second-order valence-corrected chi connectivity index (χ2v) is 3.51. The molecule has 4 heteroatoms. The quantitative estimate of drug-likeness (QED) is 0.762. The van der Waals surface area contributed by atoms with Crippen LogP contribution in [0.4, 0.5) is 5.82 Å². The van der Waals surface area contributed by atoms with Crippen molar-refractivity contribution in [3.8, 4) is 6.07 Å². The van der Waals surface area contributed by atoms with Gasteiger partial charge in [0.2, 0.25) is 0 Å². The van der Waals surface area contributed by atoms with Gasteiger partial charge in [0.25, 0.3) is 0 Å². The van der Waals surface area contributed by atoms with Crippen LogP contribution in [0.3, 0.4) is 0 Å². The van der Waals surface area contributed by atoms with Crippen LogP contribution in [0.2, 0.25) is 0 Å². The van der Waals surface area contributed by atoms with E-state index in [2.05, 4.69) is 16.4 Å². The Balaban J connectivity index is 2.54. The Morgan fingerprint density at radius 1 is 1.67 bits per heavy atom. The second kappa shape index (κ2) is 5.99. The van der Waals surface area contributed by atoms with Crippen molar-refractivity contribution < 1.29 is 5.11 Å². The number of hydrogen-bond donors (Lipinski definition) is 2. The predicted octanol–water partition coefficient (Wildman–Crippen LogP) is 1.38. The zero-order valence-corrected chi connectivity index (χ0v) is 8.77. The maximum atomic E-state index is 8.82. The molecular weight excluding hydrogens is 190 g/mol. The molecule has 0 fully saturated rings. The van der Waals surface area contributed by atoms with Crippen LogP contribution in [0.1, 0.15) is 18.9 Å². The molecule has 2 N–H and O–H groups in total. The minimum Gasteiger partial charge on any atom is -0.396 e. The molecular formula is C11H15N3O. The summed E-state index contributed by atoms with van der Waals surface area (Å²) in [5, 5.41) is 20.7. The summed E-state index contributed by atoms with van der Waals surface area (Å²) in [7, 11) is 0. The predicted molar refractivity (Wildman–Crippen MR) is 58.3 cm³/mol. The number of anilines is 1. The van der Waals surface area contributed by atoms with E-state index in [1.54, 1.807) is 18.3 Å². The van der Waals surface area contributed by atoms with Gasteiger partial charge in [-0.2, -0.15) is 5.26 Å². The topological polar surface area (TPSA) is 68.9 Å². The van der Waals surface area contributed by atoms with Gasteiger partial charge in [0, 0.05) is 19.3 Å². The zero-order valence-electron chi connectivity index (χ0n) is 8.77. The van der Waals surface area contributed by atoms with Crippen molar-refractivity contribution in [2.24, 2.45) is 5.92 Å². The minimum absolute atomic E-state index is 0.191. The van der Waals surface area contributed by atoms with Crippen molar-refractivity contribution in [1.29, 1.82) is 5.26 Å². The van der Waals surface area contributed by atoms with E-state index in [0.29, 0.717) is 23.8 Å². The maximum absolute atomic E-state index is 8.82. The fourth-order valence-corrected chi connectivity index (χ4v) is 1.23. The monoisotopic (exact) mass is 205 g/mol. The summed E-state index contributed by atoms with van der Waals surface area (Å²) in [4.78, 5) is 4.09. The molecule has 0 aliphatic heterocycles. The van der Waals surface area contributed by atoms with E-state index in [4.69, 9.17) is 10.4 Å². The molecule has 0 saturated heterocycles. The molecule has 1 atom stereocenters. The Labute approximate surface area is 89.6 Å². The van der Waals surface area contributed by atoms with Crippen LogP contribution in [0.15, 0.2) is 18.3 Å². The van der Waals surface area contributed by atoms with E-state index in [0.717, 1.165) is 6.42 Å². The number of rotatable bonds is 5. The van der Waals surface area contributed by atoms with Gasteiger partial charge in [-0.15, -0.1) is 0 Å². The van der Waals surface area contributed by atoms with E-state index < -0.39 is 0 Å². The number of nitrogens with zero attached hydrogens (tertiary/aromatic N) is 2. The van der Waals surface area contributed by atoms with E-state index >= 15 is 0 Å². The lowest BCUT2D eigenvalue weighted by Gasteiger charge is -2.11. The van der Waals surface area contributed by atoms with Crippen LogP contribution in [0.5, 0.6) is 0 Å². The van der Waals surface area contributed by atoms with Crippen LogP contribution in [0.25, 0.3) is 0 Å². The molecule has 1 unspecified atom stereocenters. The summed E-state index contributed by atoms with van der Waals surface area (Å²) in [6, 6.07) is 5.54. The molecule has 0 aliphatic rings. The number of nitrogens with one attached hydrogen (secondary N) is 1. The van der Waals surface area contributed by atoms with E-state index in [1.807, 2.05) is 6.92 Å². The van der Waals surface area contributed by atoms with Gasteiger partial charge in [0.15, 0.2) is 0 Å². The molecule has 15 heavy (non-hydrogen) atoms.